The molecule has 0 heterocycles. The molecule has 1 rings (SSSR count). The first-order valence-corrected chi connectivity index (χ1v) is 7.61. The molecule has 0 aromatic heterocycles. The Hall–Kier alpha value is -1.79. The number of carbonyl (C=O) groups is 2. The highest BCUT2D eigenvalue weighted by Gasteiger charge is 2.17. The predicted molar refractivity (Wildman–Crippen MR) is 89.2 cm³/mol. The number of amides is 1. The summed E-state index contributed by atoms with van der Waals surface area (Å²) in [7, 11) is 2.93. The van der Waals surface area contributed by atoms with Crippen LogP contribution in [0.3, 0.4) is 0 Å². The average Bonchev–Trinajstić information content (AvgIpc) is 2.51. The summed E-state index contributed by atoms with van der Waals surface area (Å²) in [4.78, 5) is 23.4. The van der Waals surface area contributed by atoms with E-state index < -0.39 is 5.97 Å². The van der Waals surface area contributed by atoms with Crippen molar-refractivity contribution in [1.82, 2.24) is 5.01 Å². The Bertz CT molecular complexity index is 605. The van der Waals surface area contributed by atoms with E-state index in [9.17, 15) is 9.59 Å². The summed E-state index contributed by atoms with van der Waals surface area (Å²) in [5.41, 5.74) is 0.485. The lowest BCUT2D eigenvalue weighted by molar-refractivity contribution is -0.141. The van der Waals surface area contributed by atoms with Crippen LogP contribution in [0.25, 0.3) is 0 Å². The first-order chi connectivity index (χ1) is 10.9. The zero-order chi connectivity index (χ0) is 17.4. The van der Waals surface area contributed by atoms with Gasteiger partial charge in [-0.1, -0.05) is 23.2 Å². The van der Waals surface area contributed by atoms with E-state index in [1.165, 1.54) is 20.4 Å². The lowest BCUT2D eigenvalue weighted by atomic mass is 10.1. The van der Waals surface area contributed by atoms with E-state index in [0.29, 0.717) is 28.0 Å². The van der Waals surface area contributed by atoms with Crippen molar-refractivity contribution in [1.29, 1.82) is 0 Å². The van der Waals surface area contributed by atoms with Crippen LogP contribution >= 0.6 is 23.2 Å². The van der Waals surface area contributed by atoms with Crippen LogP contribution in [0.5, 0.6) is 5.75 Å². The Morgan fingerprint density at radius 1 is 1.30 bits per heavy atom. The number of hydrazone groups is 1. The van der Waals surface area contributed by atoms with E-state index in [4.69, 9.17) is 32.7 Å². The lowest BCUT2D eigenvalue weighted by Crippen LogP contribution is -2.23. The van der Waals surface area contributed by atoms with Gasteiger partial charge < -0.3 is 9.47 Å². The molecule has 0 aliphatic rings. The molecular formula is C15H18Cl2N2O4. The highest BCUT2D eigenvalue weighted by atomic mass is 35.5. The number of methoxy groups -OCH3 is 1. The first kappa shape index (κ1) is 19.3. The fourth-order valence-electron chi connectivity index (χ4n) is 1.75. The van der Waals surface area contributed by atoms with Crippen LogP contribution in [0.2, 0.25) is 10.0 Å². The van der Waals surface area contributed by atoms with Gasteiger partial charge in [-0.2, -0.15) is 5.10 Å². The summed E-state index contributed by atoms with van der Waals surface area (Å²) in [6.07, 6.45) is 1.27. The van der Waals surface area contributed by atoms with Gasteiger partial charge in [-0.05, 0) is 19.1 Å². The second-order valence-electron chi connectivity index (χ2n) is 4.44. The van der Waals surface area contributed by atoms with Crippen molar-refractivity contribution in [2.45, 2.75) is 19.8 Å². The van der Waals surface area contributed by atoms with Crippen molar-refractivity contribution in [3.05, 3.63) is 27.7 Å². The molecule has 23 heavy (non-hydrogen) atoms. The minimum atomic E-state index is -0.406. The van der Waals surface area contributed by atoms with Crippen LogP contribution in [-0.2, 0) is 20.7 Å². The van der Waals surface area contributed by atoms with Gasteiger partial charge in [-0.3, -0.25) is 9.59 Å². The molecule has 6 nitrogen and oxygen atoms in total. The zero-order valence-electron chi connectivity index (χ0n) is 13.1. The Balaban J connectivity index is 2.74. The quantitative estimate of drug-likeness (QED) is 0.425. The molecule has 0 saturated carbocycles. The monoisotopic (exact) mass is 360 g/mol. The molecule has 0 N–H and O–H groups in total. The van der Waals surface area contributed by atoms with E-state index in [-0.39, 0.29) is 18.7 Å². The molecule has 126 valence electrons. The van der Waals surface area contributed by atoms with Crippen molar-refractivity contribution in [3.63, 3.8) is 0 Å². The van der Waals surface area contributed by atoms with Gasteiger partial charge in [0.1, 0.15) is 5.75 Å². The van der Waals surface area contributed by atoms with Crippen molar-refractivity contribution >= 4 is 41.3 Å². The summed E-state index contributed by atoms with van der Waals surface area (Å²) >= 11 is 12.1. The molecule has 0 spiro atoms. The molecule has 0 bridgehead atoms. The van der Waals surface area contributed by atoms with Crippen molar-refractivity contribution in [2.75, 3.05) is 20.8 Å². The van der Waals surface area contributed by atoms with Gasteiger partial charge in [0.05, 0.1) is 31.6 Å². The van der Waals surface area contributed by atoms with Crippen LogP contribution < -0.4 is 4.74 Å². The summed E-state index contributed by atoms with van der Waals surface area (Å²) in [6.45, 7) is 2.02. The number of halogens is 2. The third-order valence-corrected chi connectivity index (χ3v) is 3.52. The van der Waals surface area contributed by atoms with E-state index in [0.717, 1.165) is 5.01 Å². The molecule has 1 aromatic carbocycles. The van der Waals surface area contributed by atoms with E-state index >= 15 is 0 Å². The Kier molecular flexibility index (Phi) is 7.85. The minimum Gasteiger partial charge on any atom is -0.495 e. The van der Waals surface area contributed by atoms with Gasteiger partial charge in [0.15, 0.2) is 0 Å². The summed E-state index contributed by atoms with van der Waals surface area (Å²) < 4.78 is 9.95. The van der Waals surface area contributed by atoms with Gasteiger partial charge in [0.25, 0.3) is 0 Å². The van der Waals surface area contributed by atoms with E-state index in [2.05, 4.69) is 5.10 Å². The van der Waals surface area contributed by atoms with Gasteiger partial charge in [-0.15, -0.1) is 0 Å². The highest BCUT2D eigenvalue weighted by Crippen LogP contribution is 2.34. The number of rotatable bonds is 7. The molecule has 0 fully saturated rings. The van der Waals surface area contributed by atoms with Crippen molar-refractivity contribution in [3.8, 4) is 5.75 Å². The number of carbonyl (C=O) groups excluding carboxylic acids is 2. The van der Waals surface area contributed by atoms with Crippen LogP contribution in [0.4, 0.5) is 0 Å². The third-order valence-electron chi connectivity index (χ3n) is 2.87. The fraction of sp³-hybridized carbons (Fsp3) is 0.400. The number of hydrogen-bond acceptors (Lipinski definition) is 5. The molecule has 0 aliphatic carbocycles. The van der Waals surface area contributed by atoms with E-state index in [1.54, 1.807) is 19.1 Å². The SMILES string of the molecule is CCOC(=O)CC=NN(C)C(=O)Cc1c(Cl)ccc(Cl)c1OC. The topological polar surface area (TPSA) is 68.2 Å². The molecule has 0 unspecified atom stereocenters. The normalized spacial score (nSPS) is 10.7. The number of likely N-dealkylation sites (N-methyl/N-ethyl adjacent to an activating group) is 1. The largest absolute Gasteiger partial charge is 0.495 e. The Morgan fingerprint density at radius 3 is 2.57 bits per heavy atom. The smallest absolute Gasteiger partial charge is 0.311 e. The number of benzene rings is 1. The van der Waals surface area contributed by atoms with Crippen molar-refractivity contribution < 1.29 is 19.1 Å². The molecular weight excluding hydrogens is 343 g/mol. The Labute approximate surface area is 144 Å². The second kappa shape index (κ2) is 9.37. The highest BCUT2D eigenvalue weighted by molar-refractivity contribution is 6.35. The lowest BCUT2D eigenvalue weighted by Gasteiger charge is -2.15. The van der Waals surface area contributed by atoms with Gasteiger partial charge >= 0.3 is 5.97 Å². The maximum atomic E-state index is 12.2. The van der Waals surface area contributed by atoms with Gasteiger partial charge in [-0.25, -0.2) is 5.01 Å². The summed E-state index contributed by atoms with van der Waals surface area (Å²) in [5.74, 6) is -0.374. The molecule has 0 atom stereocenters. The standard InChI is InChI=1S/C15H18Cl2N2O4/c1-4-23-14(21)7-8-18-19(2)13(20)9-10-11(16)5-6-12(17)15(10)22-3/h5-6,8H,4,7,9H2,1-3H3. The molecule has 1 amide bonds. The fourth-order valence-corrected chi connectivity index (χ4v) is 2.22. The van der Waals surface area contributed by atoms with Gasteiger partial charge in [0.2, 0.25) is 5.91 Å². The molecule has 1 aromatic rings. The molecule has 0 saturated heterocycles. The summed E-state index contributed by atoms with van der Waals surface area (Å²) in [5, 5.41) is 5.76. The number of ether oxygens (including phenoxy) is 2. The van der Waals surface area contributed by atoms with Crippen LogP contribution in [0.15, 0.2) is 17.2 Å². The predicted octanol–water partition coefficient (Wildman–Crippen LogP) is 2.94. The van der Waals surface area contributed by atoms with Crippen molar-refractivity contribution in [2.24, 2.45) is 5.10 Å². The van der Waals surface area contributed by atoms with E-state index in [1.807, 2.05) is 0 Å². The number of hydrogen-bond donors (Lipinski definition) is 0. The summed E-state index contributed by atoms with van der Waals surface area (Å²) in [6, 6.07) is 3.19. The van der Waals surface area contributed by atoms with Gasteiger partial charge in [0, 0.05) is 23.8 Å². The second-order valence-corrected chi connectivity index (χ2v) is 5.26. The maximum absolute atomic E-state index is 12.2. The molecule has 0 radical (unpaired) electrons. The first-order valence-electron chi connectivity index (χ1n) is 6.86. The molecule has 0 aliphatic heterocycles. The third kappa shape index (κ3) is 5.73. The maximum Gasteiger partial charge on any atom is 0.311 e. The minimum absolute atomic E-state index is 0.00724. The van der Waals surface area contributed by atoms with Crippen LogP contribution in [-0.4, -0.2) is 43.9 Å². The number of esters is 1. The van der Waals surface area contributed by atoms with Crippen LogP contribution in [0.1, 0.15) is 18.9 Å². The Morgan fingerprint density at radius 2 is 1.96 bits per heavy atom. The zero-order valence-corrected chi connectivity index (χ0v) is 14.6. The average molecular weight is 361 g/mol. The molecule has 8 heteroatoms. The number of nitrogens with zero attached hydrogens (tertiary/aromatic N) is 2. The van der Waals surface area contributed by atoms with Crippen LogP contribution in [0, 0.1) is 0 Å².